The highest BCUT2D eigenvalue weighted by atomic mass is 35.5. The van der Waals surface area contributed by atoms with Gasteiger partial charge in [0.05, 0.1) is 5.56 Å². The molecule has 1 aromatic heterocycles. The van der Waals surface area contributed by atoms with Gasteiger partial charge in [-0.25, -0.2) is 9.78 Å². The Morgan fingerprint density at radius 1 is 1.22 bits per heavy atom. The number of hydrogen-bond acceptors (Lipinski definition) is 3. The molecule has 1 aromatic rings. The number of rotatable bonds is 4. The maximum Gasteiger partial charge on any atom is 0.338 e. The zero-order chi connectivity index (χ0) is 13.9. The van der Waals surface area contributed by atoms with Crippen molar-refractivity contribution in [1.29, 1.82) is 0 Å². The van der Waals surface area contributed by atoms with Crippen LogP contribution in [0.1, 0.15) is 56.6 Å². The molecule has 0 fully saturated rings. The zero-order valence-electron chi connectivity index (χ0n) is 11.5. The molecule has 0 bridgehead atoms. The Morgan fingerprint density at radius 2 is 1.83 bits per heavy atom. The maximum absolute atomic E-state index is 12.0. The molecule has 1 atom stereocenters. The van der Waals surface area contributed by atoms with Crippen LogP contribution in [0, 0.1) is 5.92 Å². The second kappa shape index (κ2) is 6.19. The summed E-state index contributed by atoms with van der Waals surface area (Å²) in [6.45, 7) is 9.91. The molecule has 0 aliphatic rings. The van der Waals surface area contributed by atoms with Crippen molar-refractivity contribution in [3.63, 3.8) is 0 Å². The lowest BCUT2D eigenvalue weighted by Gasteiger charge is -2.17. The van der Waals surface area contributed by atoms with Crippen molar-refractivity contribution < 1.29 is 9.53 Å². The average molecular weight is 270 g/mol. The average Bonchev–Trinajstić information content (AvgIpc) is 2.27. The van der Waals surface area contributed by atoms with Crippen molar-refractivity contribution in [2.75, 3.05) is 0 Å². The van der Waals surface area contributed by atoms with E-state index in [9.17, 15) is 4.79 Å². The quantitative estimate of drug-likeness (QED) is 0.611. The molecule has 0 amide bonds. The lowest BCUT2D eigenvalue weighted by atomic mass is 10.1. The Balaban J connectivity index is 2.92. The summed E-state index contributed by atoms with van der Waals surface area (Å²) in [6, 6.07) is 3.29. The topological polar surface area (TPSA) is 39.2 Å². The largest absolute Gasteiger partial charge is 0.459 e. The third kappa shape index (κ3) is 3.98. The van der Waals surface area contributed by atoms with E-state index in [1.54, 1.807) is 12.1 Å². The summed E-state index contributed by atoms with van der Waals surface area (Å²) in [7, 11) is 0. The molecule has 3 nitrogen and oxygen atoms in total. The van der Waals surface area contributed by atoms with Crippen LogP contribution in [-0.2, 0) is 4.74 Å². The van der Waals surface area contributed by atoms with E-state index in [0.29, 0.717) is 10.7 Å². The Hall–Kier alpha value is -1.09. The molecular formula is C14H20ClNO2. The second-order valence-corrected chi connectivity index (χ2v) is 5.50. The standard InChI is InChI=1S/C14H20ClNO2/c1-8(2)10(5)18-14(17)11-6-12(9(3)4)16-13(15)7-11/h6-10H,1-5H3. The Labute approximate surface area is 114 Å². The van der Waals surface area contributed by atoms with E-state index in [1.807, 2.05) is 34.6 Å². The van der Waals surface area contributed by atoms with Crippen molar-refractivity contribution >= 4 is 17.6 Å². The molecule has 4 heteroatoms. The van der Waals surface area contributed by atoms with Crippen molar-refractivity contribution in [2.24, 2.45) is 5.92 Å². The monoisotopic (exact) mass is 269 g/mol. The summed E-state index contributed by atoms with van der Waals surface area (Å²) in [5, 5.41) is 0.324. The van der Waals surface area contributed by atoms with Crippen LogP contribution in [0.3, 0.4) is 0 Å². The SMILES string of the molecule is CC(C)c1cc(C(=O)OC(C)C(C)C)cc(Cl)n1. The van der Waals surface area contributed by atoms with E-state index in [1.165, 1.54) is 0 Å². The first-order chi connectivity index (χ1) is 8.31. The number of carbonyl (C=O) groups is 1. The van der Waals surface area contributed by atoms with Gasteiger partial charge in [-0.05, 0) is 30.9 Å². The van der Waals surface area contributed by atoms with Gasteiger partial charge in [0.1, 0.15) is 11.3 Å². The van der Waals surface area contributed by atoms with Gasteiger partial charge >= 0.3 is 5.97 Å². The number of halogens is 1. The summed E-state index contributed by atoms with van der Waals surface area (Å²) in [4.78, 5) is 16.2. The summed E-state index contributed by atoms with van der Waals surface area (Å²) in [5.74, 6) is 0.163. The van der Waals surface area contributed by atoms with Gasteiger partial charge in [-0.3, -0.25) is 0 Å². The highest BCUT2D eigenvalue weighted by Crippen LogP contribution is 2.19. The van der Waals surface area contributed by atoms with Crippen molar-refractivity contribution in [1.82, 2.24) is 4.98 Å². The van der Waals surface area contributed by atoms with Crippen LogP contribution >= 0.6 is 11.6 Å². The normalized spacial score (nSPS) is 12.9. The predicted molar refractivity (Wildman–Crippen MR) is 73.1 cm³/mol. The van der Waals surface area contributed by atoms with E-state index in [4.69, 9.17) is 16.3 Å². The molecule has 1 rings (SSSR count). The van der Waals surface area contributed by atoms with Gasteiger partial charge in [-0.1, -0.05) is 39.3 Å². The van der Waals surface area contributed by atoms with Gasteiger partial charge < -0.3 is 4.74 Å². The van der Waals surface area contributed by atoms with Crippen molar-refractivity contribution in [3.8, 4) is 0 Å². The zero-order valence-corrected chi connectivity index (χ0v) is 12.3. The molecule has 0 saturated carbocycles. The van der Waals surface area contributed by atoms with E-state index >= 15 is 0 Å². The molecule has 1 heterocycles. The lowest BCUT2D eigenvalue weighted by Crippen LogP contribution is -2.20. The van der Waals surface area contributed by atoms with E-state index in [-0.39, 0.29) is 23.9 Å². The van der Waals surface area contributed by atoms with Crippen molar-refractivity contribution in [2.45, 2.75) is 46.6 Å². The molecule has 0 spiro atoms. The number of hydrogen-bond donors (Lipinski definition) is 0. The minimum absolute atomic E-state index is 0.119. The molecule has 0 aromatic carbocycles. The Bertz CT molecular complexity index is 430. The van der Waals surface area contributed by atoms with Crippen LogP contribution in [0.4, 0.5) is 0 Å². The highest BCUT2D eigenvalue weighted by molar-refractivity contribution is 6.29. The van der Waals surface area contributed by atoms with Crippen molar-refractivity contribution in [3.05, 3.63) is 28.5 Å². The van der Waals surface area contributed by atoms with Crippen LogP contribution < -0.4 is 0 Å². The van der Waals surface area contributed by atoms with Crippen LogP contribution in [0.5, 0.6) is 0 Å². The minimum Gasteiger partial charge on any atom is -0.459 e. The van der Waals surface area contributed by atoms with Crippen LogP contribution in [0.15, 0.2) is 12.1 Å². The van der Waals surface area contributed by atoms with E-state index in [0.717, 1.165) is 5.69 Å². The molecule has 0 radical (unpaired) electrons. The van der Waals surface area contributed by atoms with Gasteiger partial charge in [0.2, 0.25) is 0 Å². The van der Waals surface area contributed by atoms with Crippen LogP contribution in [0.25, 0.3) is 0 Å². The predicted octanol–water partition coefficient (Wildman–Crippen LogP) is 4.06. The fourth-order valence-electron chi connectivity index (χ4n) is 1.30. The molecule has 0 aliphatic carbocycles. The van der Waals surface area contributed by atoms with Gasteiger partial charge in [0.15, 0.2) is 0 Å². The molecule has 0 N–H and O–H groups in total. The fourth-order valence-corrected chi connectivity index (χ4v) is 1.52. The molecule has 0 aliphatic heterocycles. The summed E-state index contributed by atoms with van der Waals surface area (Å²) < 4.78 is 5.36. The first-order valence-corrected chi connectivity index (χ1v) is 6.57. The number of aromatic nitrogens is 1. The first kappa shape index (κ1) is 15.0. The third-order valence-corrected chi connectivity index (χ3v) is 3.07. The number of nitrogens with zero attached hydrogens (tertiary/aromatic N) is 1. The Kier molecular flexibility index (Phi) is 5.15. The number of ether oxygens (including phenoxy) is 1. The molecule has 1 unspecified atom stereocenters. The molecular weight excluding hydrogens is 250 g/mol. The molecule has 100 valence electrons. The number of carbonyl (C=O) groups excluding carboxylic acids is 1. The molecule has 0 saturated heterocycles. The summed E-state index contributed by atoms with van der Waals surface area (Å²) in [6.07, 6.45) is -0.119. The Morgan fingerprint density at radius 3 is 2.33 bits per heavy atom. The van der Waals surface area contributed by atoms with E-state index in [2.05, 4.69) is 4.98 Å². The van der Waals surface area contributed by atoms with Gasteiger partial charge in [-0.2, -0.15) is 0 Å². The fraction of sp³-hybridized carbons (Fsp3) is 0.571. The smallest absolute Gasteiger partial charge is 0.338 e. The van der Waals surface area contributed by atoms with Gasteiger partial charge in [-0.15, -0.1) is 0 Å². The van der Waals surface area contributed by atoms with Gasteiger partial charge in [0.25, 0.3) is 0 Å². The minimum atomic E-state index is -0.345. The van der Waals surface area contributed by atoms with Crippen LogP contribution in [0.2, 0.25) is 5.15 Å². The second-order valence-electron chi connectivity index (χ2n) is 5.11. The maximum atomic E-state index is 12.0. The third-order valence-electron chi connectivity index (χ3n) is 2.87. The highest BCUT2D eigenvalue weighted by Gasteiger charge is 2.17. The summed E-state index contributed by atoms with van der Waals surface area (Å²) >= 11 is 5.92. The van der Waals surface area contributed by atoms with Gasteiger partial charge in [0, 0.05) is 5.69 Å². The lowest BCUT2D eigenvalue weighted by molar-refractivity contribution is 0.0237. The first-order valence-electron chi connectivity index (χ1n) is 6.19. The van der Waals surface area contributed by atoms with E-state index < -0.39 is 0 Å². The summed E-state index contributed by atoms with van der Waals surface area (Å²) in [5.41, 5.74) is 1.26. The number of esters is 1. The van der Waals surface area contributed by atoms with Crippen LogP contribution in [-0.4, -0.2) is 17.1 Å². The number of pyridine rings is 1. The molecule has 18 heavy (non-hydrogen) atoms.